The predicted molar refractivity (Wildman–Crippen MR) is 33.2 cm³/mol. The summed E-state index contributed by atoms with van der Waals surface area (Å²) in [5.74, 6) is 0. The SMILES string of the molecule is SSSS.[Ta]. The first kappa shape index (κ1) is 10.2. The minimum Gasteiger partial charge on any atom is -0.0989 e. The van der Waals surface area contributed by atoms with E-state index in [1.165, 1.54) is 19.7 Å². The van der Waals surface area contributed by atoms with E-state index < -0.39 is 0 Å². The number of hydrogen-bond donors (Lipinski definition) is 2. The van der Waals surface area contributed by atoms with Gasteiger partial charge in [0, 0.05) is 22.4 Å². The number of rotatable bonds is 1. The zero-order chi connectivity index (χ0) is 3.41. The molecule has 0 unspecified atom stereocenters. The second-order valence-electron chi connectivity index (χ2n) is 0.149. The Kier molecular flexibility index (Phi) is 19.3. The van der Waals surface area contributed by atoms with Gasteiger partial charge in [0.15, 0.2) is 0 Å². The maximum absolute atomic E-state index is 3.72. The minimum atomic E-state index is 0. The third kappa shape index (κ3) is 10.7. The van der Waals surface area contributed by atoms with Crippen molar-refractivity contribution >= 4 is 43.0 Å². The Morgan fingerprint density at radius 3 is 1.20 bits per heavy atom. The van der Waals surface area contributed by atoms with E-state index in [0.717, 1.165) is 0 Å². The third-order valence-electron chi connectivity index (χ3n) is 0.0333. The summed E-state index contributed by atoms with van der Waals surface area (Å²) in [6, 6.07) is 0. The van der Waals surface area contributed by atoms with Crippen molar-refractivity contribution in [3.63, 3.8) is 0 Å². The molecule has 0 amide bonds. The first-order valence-corrected chi connectivity index (χ1v) is 4.79. The molecule has 0 bridgehead atoms. The number of thiol groups is 2. The van der Waals surface area contributed by atoms with Crippen LogP contribution in [0.4, 0.5) is 0 Å². The van der Waals surface area contributed by atoms with Gasteiger partial charge in [-0.3, -0.25) is 0 Å². The second kappa shape index (κ2) is 9.46. The summed E-state index contributed by atoms with van der Waals surface area (Å²) in [4.78, 5) is 0. The van der Waals surface area contributed by atoms with Gasteiger partial charge in [-0.15, -0.1) is 0 Å². The predicted octanol–water partition coefficient (Wildman–Crippen LogP) is 2.05. The van der Waals surface area contributed by atoms with Crippen molar-refractivity contribution in [2.45, 2.75) is 0 Å². The Bertz CT molecular complexity index is 5.61. The molecule has 0 aliphatic carbocycles. The van der Waals surface area contributed by atoms with Crippen molar-refractivity contribution in [1.29, 1.82) is 0 Å². The fraction of sp³-hybridized carbons (Fsp3) is 0. The Morgan fingerprint density at radius 2 is 1.20 bits per heavy atom. The molecule has 0 aliphatic rings. The topological polar surface area (TPSA) is 0 Å². The fourth-order valence-electron chi connectivity index (χ4n) is 0. The van der Waals surface area contributed by atoms with E-state index in [2.05, 4.69) is 23.3 Å². The van der Waals surface area contributed by atoms with Crippen LogP contribution in [0.5, 0.6) is 0 Å². The van der Waals surface area contributed by atoms with Crippen LogP contribution in [0, 0.1) is 0 Å². The van der Waals surface area contributed by atoms with Gasteiger partial charge < -0.3 is 0 Å². The summed E-state index contributed by atoms with van der Waals surface area (Å²) in [7, 11) is 2.66. The van der Waals surface area contributed by atoms with E-state index in [9.17, 15) is 0 Å². The molecule has 0 spiro atoms. The van der Waals surface area contributed by atoms with Crippen molar-refractivity contribution in [3.05, 3.63) is 0 Å². The molecule has 0 aromatic heterocycles. The molecule has 0 rings (SSSR count). The summed E-state index contributed by atoms with van der Waals surface area (Å²) in [6.45, 7) is 0. The van der Waals surface area contributed by atoms with E-state index in [4.69, 9.17) is 0 Å². The van der Waals surface area contributed by atoms with Gasteiger partial charge in [-0.25, -0.2) is 0 Å². The van der Waals surface area contributed by atoms with Crippen LogP contribution >= 0.6 is 43.0 Å². The van der Waals surface area contributed by atoms with Crippen LogP contribution in [0.2, 0.25) is 0 Å². The number of hydrogen-bond acceptors (Lipinski definition) is 4. The minimum absolute atomic E-state index is 0. The molecule has 5 heavy (non-hydrogen) atoms. The summed E-state index contributed by atoms with van der Waals surface area (Å²) >= 11 is 7.45. The van der Waals surface area contributed by atoms with Gasteiger partial charge in [0.05, 0.1) is 0 Å². The molecule has 0 aliphatic heterocycles. The van der Waals surface area contributed by atoms with Crippen LogP contribution in [0.1, 0.15) is 0 Å². The van der Waals surface area contributed by atoms with Gasteiger partial charge >= 0.3 is 0 Å². The average molecular weight is 311 g/mol. The van der Waals surface area contributed by atoms with Crippen LogP contribution < -0.4 is 0 Å². The molecule has 0 aromatic carbocycles. The molecule has 5 heteroatoms. The van der Waals surface area contributed by atoms with E-state index in [-0.39, 0.29) is 22.4 Å². The average Bonchev–Trinajstić information content (AvgIpc) is 1.37. The fourth-order valence-corrected chi connectivity index (χ4v) is 0. The second-order valence-corrected chi connectivity index (χ2v) is 4.02. The Morgan fingerprint density at radius 1 is 1.00 bits per heavy atom. The van der Waals surface area contributed by atoms with Crippen molar-refractivity contribution in [1.82, 2.24) is 0 Å². The maximum atomic E-state index is 3.72. The molecule has 0 saturated carbocycles. The molecule has 0 aromatic rings. The summed E-state index contributed by atoms with van der Waals surface area (Å²) in [5.41, 5.74) is 0. The van der Waals surface area contributed by atoms with Crippen molar-refractivity contribution in [2.75, 3.05) is 0 Å². The first-order chi connectivity index (χ1) is 1.91. The van der Waals surface area contributed by atoms with Gasteiger partial charge in [-0.1, -0.05) is 23.3 Å². The van der Waals surface area contributed by atoms with Crippen molar-refractivity contribution in [2.24, 2.45) is 0 Å². The van der Waals surface area contributed by atoms with Crippen LogP contribution in [-0.4, -0.2) is 0 Å². The van der Waals surface area contributed by atoms with Crippen LogP contribution in [0.25, 0.3) is 0 Å². The standard InChI is InChI=1S/H2S4.Ta/c1-3-4-2;/h1-2H;. The molecule has 0 N–H and O–H groups in total. The molecule has 0 atom stereocenters. The van der Waals surface area contributed by atoms with Gasteiger partial charge in [0.25, 0.3) is 0 Å². The van der Waals surface area contributed by atoms with Crippen LogP contribution in [-0.2, 0) is 22.4 Å². The third-order valence-corrected chi connectivity index (χ3v) is 2.70. The smallest absolute Gasteiger partial charge is 0 e. The van der Waals surface area contributed by atoms with Crippen molar-refractivity contribution in [3.8, 4) is 0 Å². The van der Waals surface area contributed by atoms with Crippen LogP contribution in [0.15, 0.2) is 0 Å². The molecule has 0 nitrogen and oxygen atoms in total. The summed E-state index contributed by atoms with van der Waals surface area (Å²) in [6.07, 6.45) is 0. The molecule has 31 valence electrons. The molecule has 0 heterocycles. The van der Waals surface area contributed by atoms with Crippen LogP contribution in [0.3, 0.4) is 0 Å². The Labute approximate surface area is 64.8 Å². The monoisotopic (exact) mass is 311 g/mol. The molecule has 0 fully saturated rings. The van der Waals surface area contributed by atoms with Crippen molar-refractivity contribution < 1.29 is 22.4 Å². The van der Waals surface area contributed by atoms with Gasteiger partial charge in [-0.05, 0) is 19.7 Å². The molecular weight excluding hydrogens is 309 g/mol. The van der Waals surface area contributed by atoms with Gasteiger partial charge in [-0.2, -0.15) is 0 Å². The Balaban J connectivity index is 0. The molecule has 0 saturated heterocycles. The maximum Gasteiger partial charge on any atom is 0 e. The van der Waals surface area contributed by atoms with Gasteiger partial charge in [0.1, 0.15) is 0 Å². The first-order valence-electron chi connectivity index (χ1n) is 0.532. The normalized spacial score (nSPS) is 6.00. The largest absolute Gasteiger partial charge is 0.0989 e. The molecule has 1 radical (unpaired) electrons. The van der Waals surface area contributed by atoms with E-state index in [0.29, 0.717) is 0 Å². The van der Waals surface area contributed by atoms with Gasteiger partial charge in [0.2, 0.25) is 0 Å². The van der Waals surface area contributed by atoms with E-state index >= 15 is 0 Å². The summed E-state index contributed by atoms with van der Waals surface area (Å²) < 4.78 is 0. The quantitative estimate of drug-likeness (QED) is 0.562. The summed E-state index contributed by atoms with van der Waals surface area (Å²) in [5, 5.41) is 0. The zero-order valence-corrected chi connectivity index (χ0v) is 8.79. The van der Waals surface area contributed by atoms with E-state index in [1.54, 1.807) is 0 Å². The zero-order valence-electron chi connectivity index (χ0n) is 2.16. The Hall–Kier alpha value is 2.14. The molecular formula is H2S4Ta. The van der Waals surface area contributed by atoms with E-state index in [1.807, 2.05) is 0 Å².